The Bertz CT molecular complexity index is 1850. The zero-order valence-electron chi connectivity index (χ0n) is 20.1. The number of rotatable bonds is 6. The molecule has 188 valence electrons. The maximum Gasteiger partial charge on any atom is 0.278 e. The second kappa shape index (κ2) is 10.1. The Hall–Kier alpha value is -5.42. The van der Waals surface area contributed by atoms with Gasteiger partial charge in [-0.3, -0.25) is 19.9 Å². The first-order valence-corrected chi connectivity index (χ1v) is 12.6. The largest absolute Gasteiger partial charge is 0.278 e. The van der Waals surface area contributed by atoms with Gasteiger partial charge in [0.25, 0.3) is 11.6 Å². The number of non-ortho nitro benzene ring substituents is 1. The van der Waals surface area contributed by atoms with E-state index in [4.69, 9.17) is 5.10 Å². The number of hydrogen-bond acceptors (Lipinski definition) is 9. The van der Waals surface area contributed by atoms with Gasteiger partial charge in [-0.15, -0.1) is 10.2 Å². The van der Waals surface area contributed by atoms with E-state index in [1.807, 2.05) is 60.7 Å². The van der Waals surface area contributed by atoms with Gasteiger partial charge in [-0.25, -0.2) is 4.98 Å². The van der Waals surface area contributed by atoms with Crippen molar-refractivity contribution in [3.63, 3.8) is 0 Å². The van der Waals surface area contributed by atoms with Crippen LogP contribution in [0.25, 0.3) is 32.7 Å². The summed E-state index contributed by atoms with van der Waals surface area (Å²) in [4.78, 5) is 32.8. The molecular formula is C28H17N7O3S. The van der Waals surface area contributed by atoms with Crippen molar-refractivity contribution in [2.45, 2.75) is 0 Å². The molecule has 0 aliphatic rings. The number of nitrogens with zero attached hydrogens (tertiary/aromatic N) is 7. The maximum atomic E-state index is 13.7. The zero-order valence-corrected chi connectivity index (χ0v) is 20.9. The second-order valence-corrected chi connectivity index (χ2v) is 9.35. The lowest BCUT2D eigenvalue weighted by molar-refractivity contribution is -0.384. The molecule has 0 radical (unpaired) electrons. The highest BCUT2D eigenvalue weighted by molar-refractivity contribution is 7.21. The number of pyridine rings is 1. The Morgan fingerprint density at radius 1 is 0.872 bits per heavy atom. The molecule has 0 aliphatic heterocycles. The molecule has 0 saturated heterocycles. The quantitative estimate of drug-likeness (QED) is 0.127. The molecule has 6 aromatic rings. The van der Waals surface area contributed by atoms with E-state index in [1.165, 1.54) is 28.2 Å². The van der Waals surface area contributed by atoms with Crippen LogP contribution in [0.5, 0.6) is 0 Å². The number of fused-ring (bicyclic) bond motifs is 1. The number of nitro groups is 1. The average molecular weight is 532 g/mol. The van der Waals surface area contributed by atoms with Gasteiger partial charge >= 0.3 is 0 Å². The van der Waals surface area contributed by atoms with E-state index < -0.39 is 4.92 Å². The summed E-state index contributed by atoms with van der Waals surface area (Å²) in [5.41, 5.74) is 3.78. The van der Waals surface area contributed by atoms with E-state index in [9.17, 15) is 14.9 Å². The van der Waals surface area contributed by atoms with Gasteiger partial charge in [0.2, 0.25) is 5.13 Å². The molecule has 0 amide bonds. The predicted molar refractivity (Wildman–Crippen MR) is 148 cm³/mol. The zero-order chi connectivity index (χ0) is 26.8. The van der Waals surface area contributed by atoms with Gasteiger partial charge in [-0.1, -0.05) is 72.0 Å². The Kier molecular flexibility index (Phi) is 6.23. The Morgan fingerprint density at radius 2 is 1.56 bits per heavy atom. The van der Waals surface area contributed by atoms with Crippen LogP contribution in [0.3, 0.4) is 0 Å². The van der Waals surface area contributed by atoms with E-state index in [0.29, 0.717) is 38.0 Å². The van der Waals surface area contributed by atoms with E-state index in [0.717, 1.165) is 11.1 Å². The van der Waals surface area contributed by atoms with Crippen molar-refractivity contribution in [1.29, 1.82) is 0 Å². The molecule has 10 nitrogen and oxygen atoms in total. The van der Waals surface area contributed by atoms with Gasteiger partial charge in [-0.2, -0.15) is 9.78 Å². The van der Waals surface area contributed by atoms with Gasteiger partial charge in [0.05, 0.1) is 15.1 Å². The van der Waals surface area contributed by atoms with Crippen molar-refractivity contribution in [3.8, 4) is 22.5 Å². The summed E-state index contributed by atoms with van der Waals surface area (Å²) >= 11 is 1.18. The summed E-state index contributed by atoms with van der Waals surface area (Å²) in [6.45, 7) is 0. The summed E-state index contributed by atoms with van der Waals surface area (Å²) < 4.78 is 1.96. The molecule has 0 aliphatic carbocycles. The minimum absolute atomic E-state index is 0.0248. The standard InChI is InChI=1S/C28H17N7O3S/c36-27(20-13-15-29-16-14-20)34-26(19-9-5-2-6-10-19)25(24(33-34)18-7-3-1-4-8-18)31-32-28-30-22-12-11-21(35(37)38)17-23(22)39-28/h1-17H. The van der Waals surface area contributed by atoms with Gasteiger partial charge < -0.3 is 0 Å². The van der Waals surface area contributed by atoms with Crippen LogP contribution >= 0.6 is 11.3 Å². The molecule has 0 atom stereocenters. The number of aromatic nitrogens is 4. The van der Waals surface area contributed by atoms with E-state index in [2.05, 4.69) is 20.2 Å². The monoisotopic (exact) mass is 531 g/mol. The second-order valence-electron chi connectivity index (χ2n) is 8.34. The molecule has 6 rings (SSSR count). The van der Waals surface area contributed by atoms with E-state index in [-0.39, 0.29) is 11.6 Å². The van der Waals surface area contributed by atoms with Crippen molar-refractivity contribution in [1.82, 2.24) is 19.7 Å². The van der Waals surface area contributed by atoms with Crippen molar-refractivity contribution < 1.29 is 9.72 Å². The summed E-state index contributed by atoms with van der Waals surface area (Å²) in [5.74, 6) is -0.345. The molecule has 0 bridgehead atoms. The smallest absolute Gasteiger partial charge is 0.267 e. The molecule has 11 heteroatoms. The number of hydrogen-bond donors (Lipinski definition) is 0. The third-order valence-electron chi connectivity index (χ3n) is 5.88. The molecule has 3 heterocycles. The number of thiazole rings is 1. The Morgan fingerprint density at radius 3 is 2.26 bits per heavy atom. The fourth-order valence-corrected chi connectivity index (χ4v) is 4.88. The number of benzene rings is 3. The van der Waals surface area contributed by atoms with Gasteiger partial charge in [0.1, 0.15) is 17.1 Å². The first-order valence-electron chi connectivity index (χ1n) is 11.7. The van der Waals surface area contributed by atoms with Crippen LogP contribution in [0, 0.1) is 10.1 Å². The van der Waals surface area contributed by atoms with Crippen LogP contribution < -0.4 is 0 Å². The Balaban J connectivity index is 1.54. The fourth-order valence-electron chi connectivity index (χ4n) is 4.06. The molecule has 0 spiro atoms. The summed E-state index contributed by atoms with van der Waals surface area (Å²) in [6.07, 6.45) is 3.10. The van der Waals surface area contributed by atoms with E-state index in [1.54, 1.807) is 30.6 Å². The third-order valence-corrected chi connectivity index (χ3v) is 6.78. The average Bonchev–Trinajstić information content (AvgIpc) is 3.58. The summed E-state index contributed by atoms with van der Waals surface area (Å²) in [6, 6.07) is 26.5. The fraction of sp³-hybridized carbons (Fsp3) is 0. The van der Waals surface area contributed by atoms with Crippen LogP contribution in [-0.2, 0) is 0 Å². The minimum Gasteiger partial charge on any atom is -0.267 e. The number of carbonyl (C=O) groups excluding carboxylic acids is 1. The molecule has 0 N–H and O–H groups in total. The topological polar surface area (TPSA) is 129 Å². The van der Waals surface area contributed by atoms with Gasteiger partial charge in [0, 0.05) is 41.2 Å². The molecule has 0 saturated carbocycles. The SMILES string of the molecule is O=C(c1ccncc1)n1nc(-c2ccccc2)c(N=Nc2nc3ccc([N+](=O)[O-])cc3s2)c1-c1ccccc1. The number of azo groups is 1. The summed E-state index contributed by atoms with van der Waals surface area (Å²) in [5, 5.41) is 25.2. The molecular weight excluding hydrogens is 514 g/mol. The first kappa shape index (κ1) is 23.9. The van der Waals surface area contributed by atoms with Crippen LogP contribution in [0.4, 0.5) is 16.5 Å². The minimum atomic E-state index is -0.452. The van der Waals surface area contributed by atoms with Crippen LogP contribution in [0.15, 0.2) is 114 Å². The maximum absolute atomic E-state index is 13.7. The highest BCUT2D eigenvalue weighted by Crippen LogP contribution is 2.41. The lowest BCUT2D eigenvalue weighted by atomic mass is 10.1. The predicted octanol–water partition coefficient (Wildman–Crippen LogP) is 7.23. The third kappa shape index (κ3) is 4.69. The lowest BCUT2D eigenvalue weighted by Crippen LogP contribution is -2.15. The van der Waals surface area contributed by atoms with Gasteiger partial charge in [0.15, 0.2) is 0 Å². The first-order chi connectivity index (χ1) is 19.1. The highest BCUT2D eigenvalue weighted by Gasteiger charge is 2.25. The molecule has 0 unspecified atom stereocenters. The van der Waals surface area contributed by atoms with Crippen molar-refractivity contribution in [3.05, 3.63) is 119 Å². The van der Waals surface area contributed by atoms with Gasteiger partial charge in [-0.05, 0) is 18.2 Å². The number of carbonyl (C=O) groups is 1. The Labute approximate surface area is 225 Å². The van der Waals surface area contributed by atoms with E-state index >= 15 is 0 Å². The normalized spacial score (nSPS) is 11.3. The van der Waals surface area contributed by atoms with Crippen LogP contribution in [0.2, 0.25) is 0 Å². The summed E-state index contributed by atoms with van der Waals surface area (Å²) in [7, 11) is 0. The highest BCUT2D eigenvalue weighted by atomic mass is 32.1. The molecule has 39 heavy (non-hydrogen) atoms. The van der Waals surface area contributed by atoms with Crippen LogP contribution in [-0.4, -0.2) is 30.6 Å². The van der Waals surface area contributed by atoms with Crippen molar-refractivity contribution >= 4 is 44.0 Å². The molecule has 3 aromatic heterocycles. The lowest BCUT2D eigenvalue weighted by Gasteiger charge is -2.07. The van der Waals surface area contributed by atoms with Crippen LogP contribution in [0.1, 0.15) is 10.4 Å². The molecule has 3 aromatic carbocycles. The van der Waals surface area contributed by atoms with Crippen molar-refractivity contribution in [2.24, 2.45) is 10.2 Å². The number of nitro benzene ring substituents is 1. The van der Waals surface area contributed by atoms with Crippen molar-refractivity contribution in [2.75, 3.05) is 0 Å². The molecule has 0 fully saturated rings.